The van der Waals surface area contributed by atoms with Gasteiger partial charge in [0.05, 0.1) is 0 Å². The standard InChI is InChI=1S/C12H22O5.Al.3H/c1-5-7-16-12(4,17-8-6-2)10(9(3)13)11(14)15;;;;/h10H,5-8H2,1-4H3,(H,14,15);;;;. The van der Waals surface area contributed by atoms with Crippen LogP contribution in [0.1, 0.15) is 40.5 Å². The SMILES string of the molecule is CCCOC(C)(OCCC)C(C(C)=O)C(=O)O.[AlH3]. The van der Waals surface area contributed by atoms with Crippen LogP contribution in [0.2, 0.25) is 0 Å². The minimum atomic E-state index is -1.39. The highest BCUT2D eigenvalue weighted by Crippen LogP contribution is 2.25. The second-order valence-electron chi connectivity index (χ2n) is 4.09. The molecular weight excluding hydrogens is 251 g/mol. The molecule has 0 aliphatic rings. The van der Waals surface area contributed by atoms with E-state index in [1.165, 1.54) is 13.8 Å². The molecule has 0 bridgehead atoms. The maximum atomic E-state index is 11.4. The molecule has 0 aliphatic heterocycles. The third kappa shape index (κ3) is 5.97. The molecule has 0 amide bonds. The zero-order chi connectivity index (χ0) is 13.5. The molecule has 0 heterocycles. The third-order valence-corrected chi connectivity index (χ3v) is 2.36. The van der Waals surface area contributed by atoms with E-state index in [-0.39, 0.29) is 17.4 Å². The molecular formula is C12H25AlO5. The summed E-state index contributed by atoms with van der Waals surface area (Å²) in [6.07, 6.45) is 1.46. The lowest BCUT2D eigenvalue weighted by atomic mass is 9.95. The zero-order valence-electron chi connectivity index (χ0n) is 11.0. The molecule has 0 aliphatic carbocycles. The number of ether oxygens (including phenoxy) is 2. The van der Waals surface area contributed by atoms with Crippen molar-refractivity contribution in [2.24, 2.45) is 5.92 Å². The largest absolute Gasteiger partial charge is 0.481 e. The maximum absolute atomic E-state index is 11.4. The second-order valence-corrected chi connectivity index (χ2v) is 4.09. The monoisotopic (exact) mass is 276 g/mol. The number of hydrogen-bond acceptors (Lipinski definition) is 4. The molecule has 18 heavy (non-hydrogen) atoms. The summed E-state index contributed by atoms with van der Waals surface area (Å²) in [5.41, 5.74) is 0. The molecule has 5 nitrogen and oxygen atoms in total. The molecule has 0 aromatic heterocycles. The number of hydrogen-bond donors (Lipinski definition) is 1. The van der Waals surface area contributed by atoms with Crippen molar-refractivity contribution in [2.45, 2.75) is 46.3 Å². The van der Waals surface area contributed by atoms with Crippen LogP contribution in [0.25, 0.3) is 0 Å². The molecule has 6 heteroatoms. The lowest BCUT2D eigenvalue weighted by Crippen LogP contribution is -2.48. The second kappa shape index (κ2) is 9.51. The van der Waals surface area contributed by atoms with Gasteiger partial charge in [-0.3, -0.25) is 9.59 Å². The Balaban J connectivity index is 0. The minimum Gasteiger partial charge on any atom is -0.481 e. The van der Waals surface area contributed by atoms with Gasteiger partial charge in [0.15, 0.2) is 29.1 Å². The van der Waals surface area contributed by atoms with Gasteiger partial charge in [0.1, 0.15) is 5.78 Å². The van der Waals surface area contributed by atoms with Gasteiger partial charge in [-0.15, -0.1) is 0 Å². The number of carbonyl (C=O) groups is 2. The van der Waals surface area contributed by atoms with E-state index < -0.39 is 23.5 Å². The average Bonchev–Trinajstić information content (AvgIpc) is 2.22. The number of carboxylic acids is 1. The normalized spacial score (nSPS) is 12.7. The summed E-state index contributed by atoms with van der Waals surface area (Å²) in [7, 11) is 0. The van der Waals surface area contributed by atoms with E-state index in [0.717, 1.165) is 12.8 Å². The van der Waals surface area contributed by atoms with Crippen LogP contribution < -0.4 is 0 Å². The highest BCUT2D eigenvalue weighted by Gasteiger charge is 2.44. The predicted molar refractivity (Wildman–Crippen MR) is 72.6 cm³/mol. The number of ketones is 1. The van der Waals surface area contributed by atoms with E-state index >= 15 is 0 Å². The van der Waals surface area contributed by atoms with Crippen molar-refractivity contribution in [3.05, 3.63) is 0 Å². The number of rotatable bonds is 9. The molecule has 0 aromatic carbocycles. The Bertz CT molecular complexity index is 245. The molecule has 1 atom stereocenters. The van der Waals surface area contributed by atoms with Crippen LogP contribution in [0, 0.1) is 5.92 Å². The molecule has 1 unspecified atom stereocenters. The lowest BCUT2D eigenvalue weighted by Gasteiger charge is -2.33. The topological polar surface area (TPSA) is 72.8 Å². The zero-order valence-corrected chi connectivity index (χ0v) is 11.0. The van der Waals surface area contributed by atoms with Gasteiger partial charge in [-0.2, -0.15) is 0 Å². The van der Waals surface area contributed by atoms with Crippen LogP contribution in [0.3, 0.4) is 0 Å². The first kappa shape index (κ1) is 19.9. The van der Waals surface area contributed by atoms with Crippen LogP contribution in [0.4, 0.5) is 0 Å². The van der Waals surface area contributed by atoms with Crippen molar-refractivity contribution >= 4 is 29.1 Å². The summed E-state index contributed by atoms with van der Waals surface area (Å²) in [6, 6.07) is 0. The summed E-state index contributed by atoms with van der Waals surface area (Å²) in [4.78, 5) is 22.6. The van der Waals surface area contributed by atoms with Gasteiger partial charge in [0.25, 0.3) is 0 Å². The van der Waals surface area contributed by atoms with Crippen LogP contribution in [0.5, 0.6) is 0 Å². The van der Waals surface area contributed by atoms with Gasteiger partial charge in [0.2, 0.25) is 0 Å². The van der Waals surface area contributed by atoms with E-state index in [0.29, 0.717) is 13.2 Å². The molecule has 0 radical (unpaired) electrons. The fraction of sp³-hybridized carbons (Fsp3) is 0.833. The fourth-order valence-electron chi connectivity index (χ4n) is 1.59. The predicted octanol–water partition coefficient (Wildman–Crippen LogP) is 0.662. The average molecular weight is 276 g/mol. The van der Waals surface area contributed by atoms with E-state index in [4.69, 9.17) is 14.6 Å². The first-order valence-electron chi connectivity index (χ1n) is 5.90. The maximum Gasteiger partial charge on any atom is 0.319 e. The van der Waals surface area contributed by atoms with Crippen molar-refractivity contribution in [1.82, 2.24) is 0 Å². The Labute approximate surface area is 119 Å². The molecule has 0 fully saturated rings. The summed E-state index contributed by atoms with van der Waals surface area (Å²) in [6.45, 7) is 7.28. The minimum absolute atomic E-state index is 0. The Kier molecular flexibility index (Phi) is 10.5. The van der Waals surface area contributed by atoms with Gasteiger partial charge in [-0.25, -0.2) is 0 Å². The molecule has 0 rings (SSSR count). The van der Waals surface area contributed by atoms with Crippen molar-refractivity contribution in [3.63, 3.8) is 0 Å². The summed E-state index contributed by atoms with van der Waals surface area (Å²) in [5.74, 6) is -4.36. The molecule has 0 saturated heterocycles. The quantitative estimate of drug-likeness (QED) is 0.380. The van der Waals surface area contributed by atoms with E-state index in [2.05, 4.69) is 0 Å². The number of carbonyl (C=O) groups excluding carboxylic acids is 1. The van der Waals surface area contributed by atoms with Gasteiger partial charge in [-0.05, 0) is 26.7 Å². The van der Waals surface area contributed by atoms with E-state index in [1.54, 1.807) is 0 Å². The van der Waals surface area contributed by atoms with Gasteiger partial charge < -0.3 is 14.6 Å². The number of aliphatic carboxylic acids is 1. The Morgan fingerprint density at radius 1 is 1.17 bits per heavy atom. The van der Waals surface area contributed by atoms with Gasteiger partial charge >= 0.3 is 5.97 Å². The van der Waals surface area contributed by atoms with Gasteiger partial charge in [-0.1, -0.05) is 13.8 Å². The van der Waals surface area contributed by atoms with Crippen LogP contribution in [-0.4, -0.2) is 53.2 Å². The molecule has 106 valence electrons. The van der Waals surface area contributed by atoms with Crippen molar-refractivity contribution in [2.75, 3.05) is 13.2 Å². The lowest BCUT2D eigenvalue weighted by molar-refractivity contribution is -0.251. The van der Waals surface area contributed by atoms with Crippen molar-refractivity contribution < 1.29 is 24.2 Å². The van der Waals surface area contributed by atoms with Crippen LogP contribution in [0.15, 0.2) is 0 Å². The fourth-order valence-corrected chi connectivity index (χ4v) is 1.59. The molecule has 0 aromatic rings. The number of carboxylic acid groups (broad SMARTS) is 1. The summed E-state index contributed by atoms with van der Waals surface area (Å²) >= 11 is 0. The summed E-state index contributed by atoms with van der Waals surface area (Å²) < 4.78 is 10.9. The van der Waals surface area contributed by atoms with E-state index in [1.807, 2.05) is 13.8 Å². The molecule has 0 saturated carbocycles. The summed E-state index contributed by atoms with van der Waals surface area (Å²) in [5, 5.41) is 9.10. The Morgan fingerprint density at radius 2 is 1.56 bits per heavy atom. The first-order chi connectivity index (χ1) is 7.89. The van der Waals surface area contributed by atoms with Crippen LogP contribution in [-0.2, 0) is 19.1 Å². The van der Waals surface area contributed by atoms with Crippen molar-refractivity contribution in [1.29, 1.82) is 0 Å². The highest BCUT2D eigenvalue weighted by atomic mass is 27.0. The first-order valence-corrected chi connectivity index (χ1v) is 5.90. The van der Waals surface area contributed by atoms with Gasteiger partial charge in [0, 0.05) is 13.2 Å². The molecule has 1 N–H and O–H groups in total. The van der Waals surface area contributed by atoms with Crippen molar-refractivity contribution in [3.8, 4) is 0 Å². The van der Waals surface area contributed by atoms with E-state index in [9.17, 15) is 9.59 Å². The smallest absolute Gasteiger partial charge is 0.319 e. The Morgan fingerprint density at radius 3 is 1.78 bits per heavy atom. The highest BCUT2D eigenvalue weighted by molar-refractivity contribution is 5.98. The third-order valence-electron chi connectivity index (χ3n) is 2.36. The number of Topliss-reactive ketones (excluding diaryl/α,β-unsaturated/α-hetero) is 1. The Hall–Kier alpha value is -0.408. The molecule has 0 spiro atoms. The van der Waals surface area contributed by atoms with Crippen LogP contribution >= 0.6 is 0 Å².